The Morgan fingerprint density at radius 2 is 2.38 bits per heavy atom. The first-order valence-electron chi connectivity index (χ1n) is 5.35. The lowest BCUT2D eigenvalue weighted by molar-refractivity contribution is 0.328. The van der Waals surface area contributed by atoms with Crippen LogP contribution >= 0.6 is 11.9 Å². The molecule has 0 spiro atoms. The molecule has 0 N–H and O–H groups in total. The summed E-state index contributed by atoms with van der Waals surface area (Å²) in [6.07, 6.45) is 3.12. The average Bonchev–Trinajstić information content (AvgIpc) is 2.64. The van der Waals surface area contributed by atoms with Crippen molar-refractivity contribution in [1.82, 2.24) is 9.55 Å². The quantitative estimate of drug-likeness (QED) is 0.588. The Hall–Kier alpha value is -0.840. The fourth-order valence-electron chi connectivity index (χ4n) is 1.63. The summed E-state index contributed by atoms with van der Waals surface area (Å²) in [7, 11) is 0. The number of nitrogens with zero attached hydrogens (tertiary/aromatic N) is 3. The van der Waals surface area contributed by atoms with Gasteiger partial charge in [0.1, 0.15) is 11.9 Å². The van der Waals surface area contributed by atoms with Crippen molar-refractivity contribution in [1.29, 1.82) is 0 Å². The first-order chi connectivity index (χ1) is 7.46. The molecule has 5 heteroatoms. The minimum atomic E-state index is -0.764. The maximum Gasteiger partial charge on any atom is 0.123 e. The standard InChI is InChI=1S/C11H16FN3S/c1-11(2,3)16-14-5-9-10-4-8(12)6-15(10)7-13-9/h5,7-8H,4,6H2,1-3H3. The van der Waals surface area contributed by atoms with E-state index in [9.17, 15) is 4.39 Å². The van der Waals surface area contributed by atoms with E-state index >= 15 is 0 Å². The molecule has 0 amide bonds. The van der Waals surface area contributed by atoms with Gasteiger partial charge in [0.25, 0.3) is 0 Å². The van der Waals surface area contributed by atoms with Crippen LogP contribution in [0.2, 0.25) is 0 Å². The van der Waals surface area contributed by atoms with Gasteiger partial charge in [-0.15, -0.1) is 0 Å². The van der Waals surface area contributed by atoms with Gasteiger partial charge >= 0.3 is 0 Å². The molecule has 3 nitrogen and oxygen atoms in total. The van der Waals surface area contributed by atoms with Crippen molar-refractivity contribution in [2.75, 3.05) is 0 Å². The van der Waals surface area contributed by atoms with Crippen LogP contribution in [-0.4, -0.2) is 26.7 Å². The maximum atomic E-state index is 13.1. The molecular weight excluding hydrogens is 225 g/mol. The summed E-state index contributed by atoms with van der Waals surface area (Å²) in [5.74, 6) is 0. The van der Waals surface area contributed by atoms with Crippen molar-refractivity contribution in [2.45, 2.75) is 44.7 Å². The molecule has 0 aromatic carbocycles. The number of imidazole rings is 1. The highest BCUT2D eigenvalue weighted by Gasteiger charge is 2.23. The summed E-state index contributed by atoms with van der Waals surface area (Å²) < 4.78 is 19.4. The van der Waals surface area contributed by atoms with Gasteiger partial charge in [0.05, 0.1) is 19.1 Å². The summed E-state index contributed by atoms with van der Waals surface area (Å²) in [4.78, 5) is 4.23. The Balaban J connectivity index is 2.07. The van der Waals surface area contributed by atoms with Crippen molar-refractivity contribution >= 4 is 18.2 Å². The molecule has 1 aliphatic heterocycles. The lowest BCUT2D eigenvalue weighted by Gasteiger charge is -2.11. The third-order valence-corrected chi connectivity index (χ3v) is 3.05. The minimum Gasteiger partial charge on any atom is -0.331 e. The fourth-order valence-corrected chi connectivity index (χ4v) is 2.10. The van der Waals surface area contributed by atoms with E-state index in [0.717, 1.165) is 11.4 Å². The van der Waals surface area contributed by atoms with E-state index in [1.165, 1.54) is 11.9 Å². The smallest absolute Gasteiger partial charge is 0.123 e. The van der Waals surface area contributed by atoms with E-state index in [4.69, 9.17) is 0 Å². The predicted molar refractivity (Wildman–Crippen MR) is 65.8 cm³/mol. The first kappa shape index (κ1) is 11.6. The third-order valence-electron chi connectivity index (χ3n) is 2.29. The van der Waals surface area contributed by atoms with Gasteiger partial charge in [0.2, 0.25) is 0 Å². The second-order valence-electron chi connectivity index (χ2n) is 4.97. The third kappa shape index (κ3) is 2.64. The van der Waals surface area contributed by atoms with Crippen LogP contribution in [0.25, 0.3) is 0 Å². The van der Waals surface area contributed by atoms with Gasteiger partial charge in [-0.05, 0) is 32.7 Å². The van der Waals surface area contributed by atoms with Crippen molar-refractivity contribution < 1.29 is 4.39 Å². The highest BCUT2D eigenvalue weighted by molar-refractivity contribution is 7.99. The molecule has 1 aliphatic rings. The molecule has 1 aromatic rings. The Kier molecular flexibility index (Phi) is 3.06. The second kappa shape index (κ2) is 4.20. The van der Waals surface area contributed by atoms with Crippen molar-refractivity contribution in [2.24, 2.45) is 4.40 Å². The second-order valence-corrected chi connectivity index (χ2v) is 6.59. The number of fused-ring (bicyclic) bond motifs is 1. The van der Waals surface area contributed by atoms with E-state index < -0.39 is 6.17 Å². The van der Waals surface area contributed by atoms with Gasteiger partial charge in [-0.25, -0.2) is 13.8 Å². The van der Waals surface area contributed by atoms with Crippen LogP contribution in [0.4, 0.5) is 4.39 Å². The summed E-state index contributed by atoms with van der Waals surface area (Å²) in [5, 5.41) is 0. The Morgan fingerprint density at radius 1 is 1.62 bits per heavy atom. The van der Waals surface area contributed by atoms with E-state index in [0.29, 0.717) is 13.0 Å². The van der Waals surface area contributed by atoms with E-state index in [2.05, 4.69) is 30.2 Å². The molecule has 0 fully saturated rings. The topological polar surface area (TPSA) is 30.2 Å². The average molecular weight is 241 g/mol. The predicted octanol–water partition coefficient (Wildman–Crippen LogP) is 2.64. The van der Waals surface area contributed by atoms with Crippen molar-refractivity contribution in [3.8, 4) is 0 Å². The Labute approximate surface area is 99.3 Å². The van der Waals surface area contributed by atoms with Crippen LogP contribution in [-0.2, 0) is 13.0 Å². The maximum absolute atomic E-state index is 13.1. The van der Waals surface area contributed by atoms with Crippen molar-refractivity contribution in [3.05, 3.63) is 17.7 Å². The molecule has 0 aliphatic carbocycles. The highest BCUT2D eigenvalue weighted by atomic mass is 32.2. The molecule has 1 atom stereocenters. The van der Waals surface area contributed by atoms with Gasteiger partial charge in [-0.2, -0.15) is 0 Å². The Morgan fingerprint density at radius 3 is 3.06 bits per heavy atom. The van der Waals surface area contributed by atoms with Gasteiger partial charge in [0, 0.05) is 16.9 Å². The van der Waals surface area contributed by atoms with Crippen LogP contribution in [0, 0.1) is 0 Å². The first-order valence-corrected chi connectivity index (χ1v) is 6.13. The minimum absolute atomic E-state index is 0.0992. The van der Waals surface area contributed by atoms with E-state index in [1.807, 2.05) is 4.57 Å². The summed E-state index contributed by atoms with van der Waals surface area (Å²) >= 11 is 1.50. The zero-order chi connectivity index (χ0) is 11.8. The number of rotatable bonds is 2. The van der Waals surface area contributed by atoms with E-state index in [1.54, 1.807) is 12.5 Å². The normalized spacial score (nSPS) is 20.6. The highest BCUT2D eigenvalue weighted by Crippen LogP contribution is 2.25. The molecule has 88 valence electrons. The molecule has 0 radical (unpaired) electrons. The summed E-state index contributed by atoms with van der Waals surface area (Å²) in [6.45, 7) is 6.74. The zero-order valence-electron chi connectivity index (χ0n) is 9.77. The van der Waals surface area contributed by atoms with Crippen LogP contribution in [0.15, 0.2) is 10.7 Å². The largest absolute Gasteiger partial charge is 0.331 e. The lowest BCUT2D eigenvalue weighted by Crippen LogP contribution is -2.05. The van der Waals surface area contributed by atoms with Crippen LogP contribution in [0.3, 0.4) is 0 Å². The molecule has 16 heavy (non-hydrogen) atoms. The fraction of sp³-hybridized carbons (Fsp3) is 0.636. The molecule has 1 unspecified atom stereocenters. The van der Waals surface area contributed by atoms with Gasteiger partial charge in [-0.3, -0.25) is 0 Å². The molecule has 2 rings (SSSR count). The van der Waals surface area contributed by atoms with Gasteiger partial charge < -0.3 is 4.57 Å². The summed E-state index contributed by atoms with van der Waals surface area (Å²) in [6, 6.07) is 0. The van der Waals surface area contributed by atoms with Crippen molar-refractivity contribution in [3.63, 3.8) is 0 Å². The molecular formula is C11H16FN3S. The molecule has 2 heterocycles. The summed E-state index contributed by atoms with van der Waals surface area (Å²) in [5.41, 5.74) is 1.77. The number of hydrogen-bond donors (Lipinski definition) is 0. The van der Waals surface area contributed by atoms with Gasteiger partial charge in [0.15, 0.2) is 0 Å². The van der Waals surface area contributed by atoms with Crippen LogP contribution in [0.1, 0.15) is 32.2 Å². The number of hydrogen-bond acceptors (Lipinski definition) is 3. The SMILES string of the molecule is CC(C)(C)SN=Cc1ncn2c1CC(F)C2. The number of aromatic nitrogens is 2. The molecule has 0 saturated heterocycles. The monoisotopic (exact) mass is 241 g/mol. The Bertz CT molecular complexity index is 406. The zero-order valence-corrected chi connectivity index (χ0v) is 10.6. The molecule has 0 saturated carbocycles. The number of halogens is 1. The lowest BCUT2D eigenvalue weighted by atomic mass is 10.2. The van der Waals surface area contributed by atoms with Gasteiger partial charge in [-0.1, -0.05) is 0 Å². The van der Waals surface area contributed by atoms with Crippen LogP contribution in [0.5, 0.6) is 0 Å². The van der Waals surface area contributed by atoms with E-state index in [-0.39, 0.29) is 4.75 Å². The molecule has 0 bridgehead atoms. The van der Waals surface area contributed by atoms with Crippen LogP contribution < -0.4 is 0 Å². The number of alkyl halides is 1. The molecule has 1 aromatic heterocycles.